The number of hydrogen-bond donors (Lipinski definition) is 1. The number of amides is 1. The maximum absolute atomic E-state index is 15.1. The fourth-order valence-corrected chi connectivity index (χ4v) is 2.87. The van der Waals surface area contributed by atoms with Crippen LogP contribution in [0, 0.1) is 23.0 Å². The van der Waals surface area contributed by atoms with Crippen molar-refractivity contribution in [3.63, 3.8) is 0 Å². The highest BCUT2D eigenvalue weighted by Crippen LogP contribution is 2.35. The molecule has 0 aliphatic heterocycles. The zero-order valence-corrected chi connectivity index (χ0v) is 16.2. The number of carbonyl (C=O) groups excluding carboxylic acids is 1. The molecule has 0 radical (unpaired) electrons. The Balaban J connectivity index is 0.00000392. The standard InChI is InChI=1S/C20H21F2N3O2.ClH/c1-2-17(25(13-11-23)12-10-18(24)26)15-8-9-16(21)20(19(15)22)27-14-6-4-3-5-7-14;/h3-9,17H,2,10,12-13H2,1H3,(H2,24,26);1H/t17-;/m0./s1. The van der Waals surface area contributed by atoms with E-state index in [0.29, 0.717) is 12.2 Å². The number of carbonyl (C=O) groups is 1. The van der Waals surface area contributed by atoms with Crippen molar-refractivity contribution in [3.8, 4) is 17.6 Å². The number of primary amides is 1. The number of nitriles is 1. The van der Waals surface area contributed by atoms with Gasteiger partial charge < -0.3 is 10.5 Å². The highest BCUT2D eigenvalue weighted by Gasteiger charge is 2.26. The van der Waals surface area contributed by atoms with Crippen molar-refractivity contribution in [1.82, 2.24) is 4.90 Å². The van der Waals surface area contributed by atoms with Gasteiger partial charge in [-0.25, -0.2) is 8.78 Å². The lowest BCUT2D eigenvalue weighted by Gasteiger charge is -2.29. The van der Waals surface area contributed by atoms with Crippen LogP contribution in [0.1, 0.15) is 31.4 Å². The summed E-state index contributed by atoms with van der Waals surface area (Å²) in [7, 11) is 0. The third-order valence-electron chi connectivity index (χ3n) is 4.15. The van der Waals surface area contributed by atoms with Crippen LogP contribution in [0.2, 0.25) is 0 Å². The molecule has 150 valence electrons. The third kappa shape index (κ3) is 5.91. The predicted octanol–water partition coefficient (Wildman–Crippen LogP) is 4.33. The average Bonchev–Trinajstić information content (AvgIpc) is 2.66. The number of para-hydroxylation sites is 1. The summed E-state index contributed by atoms with van der Waals surface area (Å²) in [5.41, 5.74) is 5.38. The van der Waals surface area contributed by atoms with Gasteiger partial charge in [0.05, 0.1) is 12.6 Å². The van der Waals surface area contributed by atoms with Crippen LogP contribution in [0.4, 0.5) is 8.78 Å². The molecule has 0 aliphatic rings. The molecule has 2 rings (SSSR count). The maximum Gasteiger partial charge on any atom is 0.218 e. The van der Waals surface area contributed by atoms with Crippen LogP contribution >= 0.6 is 12.4 Å². The van der Waals surface area contributed by atoms with Gasteiger partial charge in [0.15, 0.2) is 17.4 Å². The zero-order valence-electron chi connectivity index (χ0n) is 15.4. The van der Waals surface area contributed by atoms with Crippen molar-refractivity contribution >= 4 is 18.3 Å². The van der Waals surface area contributed by atoms with Gasteiger partial charge in [0.1, 0.15) is 5.75 Å². The van der Waals surface area contributed by atoms with Gasteiger partial charge in [0, 0.05) is 24.6 Å². The van der Waals surface area contributed by atoms with Crippen LogP contribution in [0.5, 0.6) is 11.5 Å². The van der Waals surface area contributed by atoms with E-state index in [4.69, 9.17) is 15.7 Å². The molecule has 5 nitrogen and oxygen atoms in total. The molecule has 0 aromatic heterocycles. The van der Waals surface area contributed by atoms with Gasteiger partial charge in [-0.3, -0.25) is 9.69 Å². The summed E-state index contributed by atoms with van der Waals surface area (Å²) in [5, 5.41) is 9.07. The van der Waals surface area contributed by atoms with Gasteiger partial charge in [-0.15, -0.1) is 12.4 Å². The highest BCUT2D eigenvalue weighted by atomic mass is 35.5. The molecule has 2 aromatic rings. The molecule has 0 bridgehead atoms. The second-order valence-electron chi connectivity index (χ2n) is 5.96. The van der Waals surface area contributed by atoms with Gasteiger partial charge >= 0.3 is 0 Å². The first-order valence-electron chi connectivity index (χ1n) is 8.58. The summed E-state index contributed by atoms with van der Waals surface area (Å²) in [6.45, 7) is 2.00. The van der Waals surface area contributed by atoms with Gasteiger partial charge in [-0.2, -0.15) is 5.26 Å². The Labute approximate surface area is 169 Å². The second-order valence-corrected chi connectivity index (χ2v) is 5.96. The van der Waals surface area contributed by atoms with Crippen LogP contribution < -0.4 is 10.5 Å². The Kier molecular flexibility index (Phi) is 9.36. The molecule has 8 heteroatoms. The van der Waals surface area contributed by atoms with Crippen molar-refractivity contribution in [2.24, 2.45) is 5.73 Å². The fourth-order valence-electron chi connectivity index (χ4n) is 2.87. The van der Waals surface area contributed by atoms with Crippen LogP contribution in [0.15, 0.2) is 42.5 Å². The summed E-state index contributed by atoms with van der Waals surface area (Å²) in [6, 6.07) is 12.3. The SMILES string of the molecule is CC[C@@H](c1ccc(F)c(Oc2ccccc2)c1F)N(CC#N)CCC(N)=O.Cl. The van der Waals surface area contributed by atoms with E-state index >= 15 is 4.39 Å². The predicted molar refractivity (Wildman–Crippen MR) is 104 cm³/mol. The molecule has 0 heterocycles. The Morgan fingerprint density at radius 3 is 2.50 bits per heavy atom. The van der Waals surface area contributed by atoms with Crippen LogP contribution in [0.3, 0.4) is 0 Å². The number of rotatable bonds is 9. The summed E-state index contributed by atoms with van der Waals surface area (Å²) < 4.78 is 34.7. The molecule has 0 spiro atoms. The lowest BCUT2D eigenvalue weighted by molar-refractivity contribution is -0.118. The maximum atomic E-state index is 15.1. The second kappa shape index (κ2) is 11.2. The minimum absolute atomic E-state index is 0. The topological polar surface area (TPSA) is 79.3 Å². The molecule has 0 aliphatic carbocycles. The summed E-state index contributed by atoms with van der Waals surface area (Å²) >= 11 is 0. The quantitative estimate of drug-likeness (QED) is 0.625. The monoisotopic (exact) mass is 409 g/mol. The van der Waals surface area contributed by atoms with E-state index in [0.717, 1.165) is 6.07 Å². The number of ether oxygens (including phenoxy) is 1. The van der Waals surface area contributed by atoms with Gasteiger partial charge in [-0.1, -0.05) is 31.2 Å². The number of nitrogens with zero attached hydrogens (tertiary/aromatic N) is 2. The minimum Gasteiger partial charge on any atom is -0.451 e. The average molecular weight is 410 g/mol. The van der Waals surface area contributed by atoms with Crippen LogP contribution in [-0.4, -0.2) is 23.9 Å². The Morgan fingerprint density at radius 1 is 1.25 bits per heavy atom. The summed E-state index contributed by atoms with van der Waals surface area (Å²) in [6.07, 6.45) is 0.488. The lowest BCUT2D eigenvalue weighted by Crippen LogP contribution is -2.33. The van der Waals surface area contributed by atoms with E-state index in [2.05, 4.69) is 0 Å². The van der Waals surface area contributed by atoms with E-state index in [1.54, 1.807) is 35.2 Å². The Bertz CT molecular complexity index is 828. The third-order valence-corrected chi connectivity index (χ3v) is 4.15. The summed E-state index contributed by atoms with van der Waals surface area (Å²) in [5.74, 6) is -2.35. The molecular formula is C20H22ClF2N3O2. The van der Waals surface area contributed by atoms with Crippen molar-refractivity contribution < 1.29 is 18.3 Å². The van der Waals surface area contributed by atoms with Crippen molar-refractivity contribution in [3.05, 3.63) is 59.7 Å². The van der Waals surface area contributed by atoms with Crippen molar-refractivity contribution in [1.29, 1.82) is 5.26 Å². The number of nitrogens with two attached hydrogens (primary N) is 1. The van der Waals surface area contributed by atoms with E-state index in [-0.39, 0.29) is 37.5 Å². The normalized spacial score (nSPS) is 11.4. The molecular weight excluding hydrogens is 388 g/mol. The lowest BCUT2D eigenvalue weighted by atomic mass is 10.0. The molecule has 2 N–H and O–H groups in total. The first-order valence-corrected chi connectivity index (χ1v) is 8.58. The number of hydrogen-bond acceptors (Lipinski definition) is 4. The molecule has 28 heavy (non-hydrogen) atoms. The molecule has 0 saturated heterocycles. The van der Waals surface area contributed by atoms with Crippen LogP contribution in [-0.2, 0) is 4.79 Å². The minimum atomic E-state index is -0.826. The zero-order chi connectivity index (χ0) is 19.8. The van der Waals surface area contributed by atoms with Crippen molar-refractivity contribution in [2.45, 2.75) is 25.8 Å². The van der Waals surface area contributed by atoms with E-state index in [1.807, 2.05) is 13.0 Å². The van der Waals surface area contributed by atoms with E-state index in [1.165, 1.54) is 6.07 Å². The van der Waals surface area contributed by atoms with Gasteiger partial charge in [0.25, 0.3) is 0 Å². The molecule has 0 unspecified atom stereocenters. The Morgan fingerprint density at radius 2 is 1.93 bits per heavy atom. The number of benzene rings is 2. The smallest absolute Gasteiger partial charge is 0.218 e. The van der Waals surface area contributed by atoms with E-state index in [9.17, 15) is 9.18 Å². The van der Waals surface area contributed by atoms with Gasteiger partial charge in [-0.05, 0) is 24.6 Å². The van der Waals surface area contributed by atoms with Crippen molar-refractivity contribution in [2.75, 3.05) is 13.1 Å². The fraction of sp³-hybridized carbons (Fsp3) is 0.300. The highest BCUT2D eigenvalue weighted by molar-refractivity contribution is 5.85. The first kappa shape index (κ1) is 23.3. The van der Waals surface area contributed by atoms with E-state index < -0.39 is 29.3 Å². The molecule has 1 atom stereocenters. The Hall–Kier alpha value is -2.69. The number of halogens is 3. The first-order chi connectivity index (χ1) is 13.0. The molecule has 1 amide bonds. The molecule has 2 aromatic carbocycles. The summed E-state index contributed by atoms with van der Waals surface area (Å²) in [4.78, 5) is 12.7. The molecule has 0 fully saturated rings. The van der Waals surface area contributed by atoms with Gasteiger partial charge in [0.2, 0.25) is 5.91 Å². The van der Waals surface area contributed by atoms with Crippen LogP contribution in [0.25, 0.3) is 0 Å². The molecule has 0 saturated carbocycles. The largest absolute Gasteiger partial charge is 0.451 e.